The zero-order chi connectivity index (χ0) is 11.7. The van der Waals surface area contributed by atoms with Crippen LogP contribution in [0.5, 0.6) is 0 Å². The van der Waals surface area contributed by atoms with E-state index >= 15 is 0 Å². The summed E-state index contributed by atoms with van der Waals surface area (Å²) in [5.74, 6) is 0.638. The van der Waals surface area contributed by atoms with Crippen LogP contribution in [0.2, 0.25) is 0 Å². The summed E-state index contributed by atoms with van der Waals surface area (Å²) >= 11 is 0. The molecule has 0 unspecified atom stereocenters. The molecule has 0 aromatic rings. The van der Waals surface area contributed by atoms with Crippen LogP contribution in [0, 0.1) is 16.7 Å². The fourth-order valence-corrected chi connectivity index (χ4v) is 2.30. The van der Waals surface area contributed by atoms with Gasteiger partial charge < -0.3 is 10.1 Å². The van der Waals surface area contributed by atoms with Crippen molar-refractivity contribution in [2.75, 3.05) is 19.8 Å². The number of nitrogens with one attached hydrogen (secondary N) is 1. The minimum absolute atomic E-state index is 0.436. The summed E-state index contributed by atoms with van der Waals surface area (Å²) in [7, 11) is 0. The average Bonchev–Trinajstić information content (AvgIpc) is 2.45. The van der Waals surface area contributed by atoms with Gasteiger partial charge in [-0.1, -0.05) is 41.5 Å². The Kier molecular flexibility index (Phi) is 3.83. The van der Waals surface area contributed by atoms with Gasteiger partial charge in [0.05, 0.1) is 6.61 Å². The highest BCUT2D eigenvalue weighted by atomic mass is 16.5. The molecule has 1 N–H and O–H groups in total. The summed E-state index contributed by atoms with van der Waals surface area (Å²) in [6, 6.07) is 0.646. The van der Waals surface area contributed by atoms with Gasteiger partial charge in [0.2, 0.25) is 0 Å². The molecule has 15 heavy (non-hydrogen) atoms. The summed E-state index contributed by atoms with van der Waals surface area (Å²) in [6.45, 7) is 16.4. The van der Waals surface area contributed by atoms with Crippen molar-refractivity contribution in [2.45, 2.75) is 47.6 Å². The number of hydrogen-bond donors (Lipinski definition) is 1. The number of rotatable bonds is 6. The van der Waals surface area contributed by atoms with E-state index in [-0.39, 0.29) is 0 Å². The number of hydrogen-bond acceptors (Lipinski definition) is 2. The summed E-state index contributed by atoms with van der Waals surface area (Å²) in [5, 5.41) is 3.59. The van der Waals surface area contributed by atoms with Gasteiger partial charge in [-0.3, -0.25) is 0 Å². The van der Waals surface area contributed by atoms with Gasteiger partial charge in [0.15, 0.2) is 0 Å². The lowest BCUT2D eigenvalue weighted by molar-refractivity contribution is 0.111. The minimum Gasteiger partial charge on any atom is -0.380 e. The molecule has 0 aromatic heterocycles. The van der Waals surface area contributed by atoms with Crippen LogP contribution >= 0.6 is 0 Å². The summed E-state index contributed by atoms with van der Waals surface area (Å²) in [4.78, 5) is 0. The summed E-state index contributed by atoms with van der Waals surface area (Å²) in [5.41, 5.74) is 0.871. The first-order valence-corrected chi connectivity index (χ1v) is 6.11. The van der Waals surface area contributed by atoms with Crippen LogP contribution in [0.3, 0.4) is 0 Å². The molecule has 1 saturated carbocycles. The third kappa shape index (κ3) is 2.73. The van der Waals surface area contributed by atoms with Crippen LogP contribution in [0.4, 0.5) is 0 Å². The molecule has 2 heteroatoms. The zero-order valence-corrected chi connectivity index (χ0v) is 11.2. The highest BCUT2D eigenvalue weighted by Crippen LogP contribution is 2.62. The Balaban J connectivity index is 2.08. The molecule has 1 aliphatic carbocycles. The monoisotopic (exact) mass is 213 g/mol. The Bertz CT molecular complexity index is 195. The van der Waals surface area contributed by atoms with Crippen LogP contribution in [0.1, 0.15) is 41.5 Å². The van der Waals surface area contributed by atoms with E-state index in [2.05, 4.69) is 46.9 Å². The molecule has 0 atom stereocenters. The van der Waals surface area contributed by atoms with Gasteiger partial charge in [-0.2, -0.15) is 0 Å². The van der Waals surface area contributed by atoms with E-state index in [1.807, 2.05) is 0 Å². The standard InChI is InChI=1S/C13H27NO/c1-10(2)9-15-8-7-14-11-12(3,4)13(11,5)6/h10-11,14H,7-9H2,1-6H3. The molecule has 2 nitrogen and oxygen atoms in total. The molecule has 0 heterocycles. The Morgan fingerprint density at radius 1 is 1.13 bits per heavy atom. The second kappa shape index (κ2) is 4.42. The second-order valence-corrected chi connectivity index (χ2v) is 6.30. The Labute approximate surface area is 94.8 Å². The predicted molar refractivity (Wildman–Crippen MR) is 65.0 cm³/mol. The molecule has 0 amide bonds. The van der Waals surface area contributed by atoms with E-state index in [1.165, 1.54) is 0 Å². The highest BCUT2D eigenvalue weighted by Gasteiger charge is 2.64. The molecule has 1 fully saturated rings. The molecule has 0 bridgehead atoms. The topological polar surface area (TPSA) is 21.3 Å². The maximum absolute atomic E-state index is 5.55. The van der Waals surface area contributed by atoms with Crippen molar-refractivity contribution in [2.24, 2.45) is 16.7 Å². The lowest BCUT2D eigenvalue weighted by Crippen LogP contribution is -2.26. The van der Waals surface area contributed by atoms with E-state index in [9.17, 15) is 0 Å². The van der Waals surface area contributed by atoms with E-state index in [0.29, 0.717) is 22.8 Å². The Morgan fingerprint density at radius 2 is 1.67 bits per heavy atom. The molecule has 0 saturated heterocycles. The van der Waals surface area contributed by atoms with Gasteiger partial charge in [-0.25, -0.2) is 0 Å². The third-order valence-corrected chi connectivity index (χ3v) is 4.07. The fourth-order valence-electron chi connectivity index (χ4n) is 2.30. The second-order valence-electron chi connectivity index (χ2n) is 6.30. The smallest absolute Gasteiger partial charge is 0.0591 e. The van der Waals surface area contributed by atoms with Crippen LogP contribution in [0.15, 0.2) is 0 Å². The summed E-state index contributed by atoms with van der Waals surface area (Å²) < 4.78 is 5.55. The van der Waals surface area contributed by atoms with E-state index in [1.54, 1.807) is 0 Å². The van der Waals surface area contributed by atoms with Crippen LogP contribution < -0.4 is 5.32 Å². The van der Waals surface area contributed by atoms with E-state index in [4.69, 9.17) is 4.74 Å². The first kappa shape index (κ1) is 13.0. The normalized spacial score (nSPS) is 23.4. The van der Waals surface area contributed by atoms with Crippen LogP contribution in [-0.4, -0.2) is 25.8 Å². The maximum Gasteiger partial charge on any atom is 0.0591 e. The highest BCUT2D eigenvalue weighted by molar-refractivity contribution is 5.17. The summed E-state index contributed by atoms with van der Waals surface area (Å²) in [6.07, 6.45) is 0. The Morgan fingerprint density at radius 3 is 2.07 bits per heavy atom. The fraction of sp³-hybridized carbons (Fsp3) is 1.00. The zero-order valence-electron chi connectivity index (χ0n) is 11.2. The van der Waals surface area contributed by atoms with Crippen LogP contribution in [-0.2, 0) is 4.74 Å². The van der Waals surface area contributed by atoms with Gasteiger partial charge in [0, 0.05) is 19.2 Å². The third-order valence-electron chi connectivity index (χ3n) is 4.07. The minimum atomic E-state index is 0.436. The lowest BCUT2D eigenvalue weighted by Gasteiger charge is -2.08. The molecular formula is C13H27NO. The van der Waals surface area contributed by atoms with Gasteiger partial charge in [0.1, 0.15) is 0 Å². The molecule has 90 valence electrons. The molecule has 0 radical (unpaired) electrons. The predicted octanol–water partition coefficient (Wildman–Crippen LogP) is 2.68. The largest absolute Gasteiger partial charge is 0.380 e. The quantitative estimate of drug-likeness (QED) is 0.685. The van der Waals surface area contributed by atoms with Crippen molar-refractivity contribution >= 4 is 0 Å². The van der Waals surface area contributed by atoms with Crippen molar-refractivity contribution in [3.63, 3.8) is 0 Å². The molecule has 1 aliphatic rings. The first-order chi connectivity index (χ1) is 6.80. The van der Waals surface area contributed by atoms with Gasteiger partial charge in [0.25, 0.3) is 0 Å². The molecular weight excluding hydrogens is 186 g/mol. The molecule has 1 rings (SSSR count). The SMILES string of the molecule is CC(C)COCCNC1C(C)(C)C1(C)C. The van der Waals surface area contributed by atoms with Crippen molar-refractivity contribution in [3.8, 4) is 0 Å². The van der Waals surface area contributed by atoms with Gasteiger partial charge in [-0.05, 0) is 16.7 Å². The van der Waals surface area contributed by atoms with Crippen molar-refractivity contribution < 1.29 is 4.74 Å². The van der Waals surface area contributed by atoms with Gasteiger partial charge >= 0.3 is 0 Å². The number of ether oxygens (including phenoxy) is 1. The molecule has 0 aliphatic heterocycles. The Hall–Kier alpha value is -0.0800. The van der Waals surface area contributed by atoms with Crippen molar-refractivity contribution in [3.05, 3.63) is 0 Å². The van der Waals surface area contributed by atoms with Gasteiger partial charge in [-0.15, -0.1) is 0 Å². The van der Waals surface area contributed by atoms with Crippen molar-refractivity contribution in [1.82, 2.24) is 5.32 Å². The van der Waals surface area contributed by atoms with E-state index in [0.717, 1.165) is 19.8 Å². The van der Waals surface area contributed by atoms with E-state index < -0.39 is 0 Å². The lowest BCUT2D eigenvalue weighted by atomic mass is 10.0. The molecule has 0 spiro atoms. The van der Waals surface area contributed by atoms with Crippen LogP contribution in [0.25, 0.3) is 0 Å². The maximum atomic E-state index is 5.55. The molecule has 0 aromatic carbocycles. The first-order valence-electron chi connectivity index (χ1n) is 6.11. The van der Waals surface area contributed by atoms with Crippen molar-refractivity contribution in [1.29, 1.82) is 0 Å². The average molecular weight is 213 g/mol.